The summed E-state index contributed by atoms with van der Waals surface area (Å²) in [7, 11) is 3.52. The van der Waals surface area contributed by atoms with Gasteiger partial charge in [0.15, 0.2) is 0 Å². The highest BCUT2D eigenvalue weighted by molar-refractivity contribution is 4.26. The largest absolute Gasteiger partial charge is 0.870 e. The van der Waals surface area contributed by atoms with E-state index in [1.54, 1.807) is 14.1 Å². The van der Waals surface area contributed by atoms with Gasteiger partial charge in [0.25, 0.3) is 0 Å². The van der Waals surface area contributed by atoms with E-state index in [1.807, 2.05) is 0 Å². The Kier molecular flexibility index (Phi) is 10.8. The van der Waals surface area contributed by atoms with Crippen molar-refractivity contribution in [2.75, 3.05) is 40.5 Å². The molecule has 6 heteroatoms. The predicted molar refractivity (Wildman–Crippen MR) is 49.4 cm³/mol. The first kappa shape index (κ1) is 16.2. The van der Waals surface area contributed by atoms with Crippen LogP contribution in [0.4, 0.5) is 0 Å². The molecule has 0 atom stereocenters. The maximum Gasteiger partial charge on any atom is 0.132 e. The van der Waals surface area contributed by atoms with Crippen molar-refractivity contribution in [1.29, 1.82) is 0 Å². The maximum atomic E-state index is 8.52. The second kappa shape index (κ2) is 9.32. The zero-order valence-electron chi connectivity index (χ0n) is 8.85. The molecule has 14 heavy (non-hydrogen) atoms. The van der Waals surface area contributed by atoms with Crippen LogP contribution in [0, 0.1) is 0 Å². The van der Waals surface area contributed by atoms with Crippen LogP contribution in [0.1, 0.15) is 12.8 Å². The highest BCUT2D eigenvalue weighted by Gasteiger charge is 2.17. The number of nitrogens with zero attached hydrogens (tertiary/aromatic N) is 1. The molecule has 0 heterocycles. The Hall–Kier alpha value is -0.240. The van der Waals surface area contributed by atoms with Crippen LogP contribution >= 0.6 is 0 Å². The standard InChI is InChI=1S/C8H20NO4.H2O/c1-9(2,12-7-3-5-10)13-8-4-6-11;/h10-11H,3-8H2,1-2H3;1H2/q+1;/p-1. The zero-order valence-corrected chi connectivity index (χ0v) is 8.85. The molecule has 88 valence electrons. The van der Waals surface area contributed by atoms with E-state index in [4.69, 9.17) is 19.9 Å². The molecule has 0 aliphatic rings. The molecular weight excluding hydrogens is 190 g/mol. The first-order valence-corrected chi connectivity index (χ1v) is 4.47. The van der Waals surface area contributed by atoms with Crippen LogP contribution in [-0.4, -0.2) is 61.0 Å². The molecule has 0 spiro atoms. The maximum absolute atomic E-state index is 8.52. The molecule has 0 bridgehead atoms. The van der Waals surface area contributed by atoms with Crippen LogP contribution in [0.25, 0.3) is 0 Å². The van der Waals surface area contributed by atoms with E-state index < -0.39 is 0 Å². The number of rotatable bonds is 8. The smallest absolute Gasteiger partial charge is 0.132 e. The molecule has 0 aromatic carbocycles. The van der Waals surface area contributed by atoms with Gasteiger partial charge in [-0.05, 0) is 17.7 Å². The van der Waals surface area contributed by atoms with Gasteiger partial charge in [0, 0.05) is 13.2 Å². The summed E-state index contributed by atoms with van der Waals surface area (Å²) < 4.78 is 0. The van der Waals surface area contributed by atoms with E-state index >= 15 is 0 Å². The first-order valence-electron chi connectivity index (χ1n) is 4.47. The minimum atomic E-state index is 0. The minimum absolute atomic E-state index is 0. The lowest BCUT2D eigenvalue weighted by molar-refractivity contribution is -1.22. The molecule has 0 saturated heterocycles. The third-order valence-corrected chi connectivity index (χ3v) is 1.41. The Labute approximate surface area is 84.5 Å². The molecule has 3 N–H and O–H groups in total. The molecule has 0 unspecified atom stereocenters. The molecule has 0 aliphatic heterocycles. The molecule has 0 aromatic heterocycles. The van der Waals surface area contributed by atoms with Crippen molar-refractivity contribution in [3.8, 4) is 0 Å². The van der Waals surface area contributed by atoms with Crippen molar-refractivity contribution >= 4 is 0 Å². The van der Waals surface area contributed by atoms with E-state index in [-0.39, 0.29) is 23.5 Å². The van der Waals surface area contributed by atoms with Gasteiger partial charge in [-0.25, -0.2) is 0 Å². The Morgan fingerprint density at radius 3 is 1.57 bits per heavy atom. The summed E-state index contributed by atoms with van der Waals surface area (Å²) >= 11 is 0. The number of quaternary nitrogens is 1. The number of hydrogen-bond acceptors (Lipinski definition) is 5. The van der Waals surface area contributed by atoms with Gasteiger partial charge in [-0.3, -0.25) is 0 Å². The van der Waals surface area contributed by atoms with Crippen LogP contribution in [0.3, 0.4) is 0 Å². The molecule has 0 rings (SSSR count). The number of aliphatic hydroxyl groups excluding tert-OH is 2. The lowest BCUT2D eigenvalue weighted by Crippen LogP contribution is -2.40. The van der Waals surface area contributed by atoms with E-state index in [2.05, 4.69) is 0 Å². The van der Waals surface area contributed by atoms with E-state index in [1.165, 1.54) is 0 Å². The van der Waals surface area contributed by atoms with Crippen LogP contribution < -0.4 is 0 Å². The molecule has 0 radical (unpaired) electrons. The number of aliphatic hydroxyl groups is 2. The summed E-state index contributed by atoms with van der Waals surface area (Å²) in [5, 5.41) is 17.0. The van der Waals surface area contributed by atoms with Crippen LogP contribution in [-0.2, 0) is 9.68 Å². The predicted octanol–water partition coefficient (Wildman–Crippen LogP) is -0.486. The summed E-state index contributed by atoms with van der Waals surface area (Å²) in [6, 6.07) is 0. The average Bonchev–Trinajstić information content (AvgIpc) is 2.05. The number of hydrogen-bond donors (Lipinski definition) is 2. The summed E-state index contributed by atoms with van der Waals surface area (Å²) in [6.07, 6.45) is 1.20. The first-order chi connectivity index (χ1) is 6.12. The molecule has 0 amide bonds. The SMILES string of the molecule is C[N+](C)(OCCCO)OCCCO.[OH-]. The Morgan fingerprint density at radius 1 is 0.929 bits per heavy atom. The van der Waals surface area contributed by atoms with Gasteiger partial charge in [0.1, 0.15) is 27.3 Å². The Balaban J connectivity index is 0. The topological polar surface area (TPSA) is 88.9 Å². The minimum Gasteiger partial charge on any atom is -0.870 e. The van der Waals surface area contributed by atoms with Gasteiger partial charge in [-0.2, -0.15) is 9.68 Å². The van der Waals surface area contributed by atoms with Gasteiger partial charge >= 0.3 is 0 Å². The summed E-state index contributed by atoms with van der Waals surface area (Å²) in [5.41, 5.74) is 0. The van der Waals surface area contributed by atoms with Gasteiger partial charge in [0.05, 0.1) is 0 Å². The van der Waals surface area contributed by atoms with E-state index in [0.717, 1.165) is 0 Å². The summed E-state index contributed by atoms with van der Waals surface area (Å²) in [4.78, 5) is 10.6. The molecule has 0 saturated carbocycles. The second-order valence-electron chi connectivity index (χ2n) is 3.07. The van der Waals surface area contributed by atoms with Gasteiger partial charge in [-0.15, -0.1) is 0 Å². The van der Waals surface area contributed by atoms with Crippen LogP contribution in [0.5, 0.6) is 0 Å². The highest BCUT2D eigenvalue weighted by Crippen LogP contribution is 2.02. The second-order valence-corrected chi connectivity index (χ2v) is 3.07. The normalized spacial score (nSPS) is 11.1. The van der Waals surface area contributed by atoms with Gasteiger partial charge in [-0.1, -0.05) is 0 Å². The third-order valence-electron chi connectivity index (χ3n) is 1.41. The van der Waals surface area contributed by atoms with Crippen molar-refractivity contribution in [2.24, 2.45) is 0 Å². The monoisotopic (exact) mass is 211 g/mol. The van der Waals surface area contributed by atoms with Crippen molar-refractivity contribution in [2.45, 2.75) is 12.8 Å². The fraction of sp³-hybridized carbons (Fsp3) is 1.00. The number of hydroxylamine groups is 4. The Bertz CT molecular complexity index is 108. The van der Waals surface area contributed by atoms with E-state index in [0.29, 0.717) is 26.1 Å². The molecule has 0 aromatic rings. The fourth-order valence-corrected chi connectivity index (χ4v) is 0.735. The van der Waals surface area contributed by atoms with Gasteiger partial charge < -0.3 is 15.7 Å². The molecule has 0 aliphatic carbocycles. The summed E-state index contributed by atoms with van der Waals surface area (Å²) in [6.45, 7) is 1.17. The van der Waals surface area contributed by atoms with Crippen LogP contribution in [0.15, 0.2) is 0 Å². The highest BCUT2D eigenvalue weighted by atomic mass is 17.0. The molecule has 6 nitrogen and oxygen atoms in total. The molecule has 0 fully saturated rings. The van der Waals surface area contributed by atoms with E-state index in [9.17, 15) is 0 Å². The van der Waals surface area contributed by atoms with Crippen molar-refractivity contribution < 1.29 is 30.2 Å². The lowest BCUT2D eigenvalue weighted by Gasteiger charge is -2.23. The zero-order chi connectivity index (χ0) is 10.2. The molecular formula is C8H21NO5. The lowest BCUT2D eigenvalue weighted by atomic mass is 10.5. The van der Waals surface area contributed by atoms with Crippen molar-refractivity contribution in [3.63, 3.8) is 0 Å². The Morgan fingerprint density at radius 2 is 1.29 bits per heavy atom. The fourth-order valence-electron chi connectivity index (χ4n) is 0.735. The van der Waals surface area contributed by atoms with Crippen LogP contribution in [0.2, 0.25) is 0 Å². The average molecular weight is 211 g/mol. The van der Waals surface area contributed by atoms with Gasteiger partial charge in [0.2, 0.25) is 0 Å². The van der Waals surface area contributed by atoms with Crippen molar-refractivity contribution in [1.82, 2.24) is 0 Å². The van der Waals surface area contributed by atoms with Crippen molar-refractivity contribution in [3.05, 3.63) is 0 Å². The quantitative estimate of drug-likeness (QED) is 0.321. The third kappa shape index (κ3) is 9.85. The summed E-state index contributed by atoms with van der Waals surface area (Å²) in [5.74, 6) is 0.